The molecular formula is C14H27N3O. The van der Waals surface area contributed by atoms with E-state index >= 15 is 0 Å². The van der Waals surface area contributed by atoms with Crippen molar-refractivity contribution in [3.63, 3.8) is 0 Å². The fourth-order valence-electron chi connectivity index (χ4n) is 1.48. The number of hydrogen-bond donors (Lipinski definition) is 2. The lowest BCUT2D eigenvalue weighted by Gasteiger charge is -2.25. The lowest BCUT2D eigenvalue weighted by molar-refractivity contribution is 0.0627. The average molecular weight is 253 g/mol. The summed E-state index contributed by atoms with van der Waals surface area (Å²) in [4.78, 5) is 0. The molecule has 0 aromatic carbocycles. The van der Waals surface area contributed by atoms with E-state index in [-0.39, 0.29) is 17.1 Å². The van der Waals surface area contributed by atoms with Gasteiger partial charge in [0.2, 0.25) is 0 Å². The van der Waals surface area contributed by atoms with E-state index in [9.17, 15) is 5.11 Å². The van der Waals surface area contributed by atoms with Gasteiger partial charge in [-0.25, -0.2) is 0 Å². The highest BCUT2D eigenvalue weighted by Gasteiger charge is 2.21. The number of rotatable bonds is 4. The minimum absolute atomic E-state index is 0.0170. The van der Waals surface area contributed by atoms with Crippen molar-refractivity contribution in [1.82, 2.24) is 15.1 Å². The van der Waals surface area contributed by atoms with Gasteiger partial charge < -0.3 is 10.4 Å². The number of nitrogens with one attached hydrogen (secondary N) is 1. The van der Waals surface area contributed by atoms with Crippen LogP contribution in [0.4, 0.5) is 0 Å². The standard InChI is InChI=1S/C14H27N3O/c1-13(2,3)12(18)9-15-7-11-8-16-17(10-11)14(4,5)6/h8,10,12,15,18H,7,9H2,1-6H3. The summed E-state index contributed by atoms with van der Waals surface area (Å²) in [6.45, 7) is 13.8. The van der Waals surface area contributed by atoms with E-state index in [2.05, 4.69) is 37.4 Å². The first-order chi connectivity index (χ1) is 8.10. The van der Waals surface area contributed by atoms with E-state index in [1.54, 1.807) is 0 Å². The highest BCUT2D eigenvalue weighted by molar-refractivity contribution is 5.04. The Kier molecular flexibility index (Phi) is 4.56. The molecule has 0 bridgehead atoms. The molecule has 1 unspecified atom stereocenters. The van der Waals surface area contributed by atoms with E-state index < -0.39 is 0 Å². The molecule has 4 nitrogen and oxygen atoms in total. The highest BCUT2D eigenvalue weighted by Crippen LogP contribution is 2.18. The monoisotopic (exact) mass is 253 g/mol. The fourth-order valence-corrected chi connectivity index (χ4v) is 1.48. The second-order valence-electron chi connectivity index (χ2n) is 6.98. The molecule has 2 N–H and O–H groups in total. The van der Waals surface area contributed by atoms with E-state index in [0.29, 0.717) is 6.54 Å². The predicted molar refractivity (Wildman–Crippen MR) is 74.4 cm³/mol. The van der Waals surface area contributed by atoms with E-state index in [1.165, 1.54) is 0 Å². The molecule has 0 aliphatic carbocycles. The van der Waals surface area contributed by atoms with Gasteiger partial charge in [-0.1, -0.05) is 20.8 Å². The summed E-state index contributed by atoms with van der Waals surface area (Å²) >= 11 is 0. The van der Waals surface area contributed by atoms with Crippen LogP contribution in [0.25, 0.3) is 0 Å². The van der Waals surface area contributed by atoms with Gasteiger partial charge in [0.15, 0.2) is 0 Å². The van der Waals surface area contributed by atoms with Crippen molar-refractivity contribution < 1.29 is 5.11 Å². The van der Waals surface area contributed by atoms with Crippen molar-refractivity contribution >= 4 is 0 Å². The molecule has 1 rings (SSSR count). The van der Waals surface area contributed by atoms with Gasteiger partial charge in [-0.2, -0.15) is 5.10 Å². The molecule has 1 heterocycles. The van der Waals surface area contributed by atoms with Crippen LogP contribution in [0.2, 0.25) is 0 Å². The minimum Gasteiger partial charge on any atom is -0.391 e. The molecule has 0 spiro atoms. The summed E-state index contributed by atoms with van der Waals surface area (Å²) in [6.07, 6.45) is 3.59. The van der Waals surface area contributed by atoms with Crippen molar-refractivity contribution in [3.8, 4) is 0 Å². The van der Waals surface area contributed by atoms with Crippen LogP contribution in [-0.2, 0) is 12.1 Å². The zero-order chi connectivity index (χ0) is 14.0. The van der Waals surface area contributed by atoms with Gasteiger partial charge >= 0.3 is 0 Å². The van der Waals surface area contributed by atoms with Gasteiger partial charge in [-0.05, 0) is 26.2 Å². The molecule has 1 aromatic rings. The van der Waals surface area contributed by atoms with Crippen molar-refractivity contribution in [2.75, 3.05) is 6.54 Å². The summed E-state index contributed by atoms with van der Waals surface area (Å²) in [5.41, 5.74) is 1.08. The van der Waals surface area contributed by atoms with Crippen molar-refractivity contribution in [3.05, 3.63) is 18.0 Å². The third kappa shape index (κ3) is 4.42. The quantitative estimate of drug-likeness (QED) is 0.864. The Morgan fingerprint density at radius 3 is 2.33 bits per heavy atom. The van der Waals surface area contributed by atoms with Crippen LogP contribution in [0.15, 0.2) is 12.4 Å². The Balaban J connectivity index is 2.43. The molecule has 0 saturated carbocycles. The molecule has 0 aliphatic heterocycles. The first-order valence-electron chi connectivity index (χ1n) is 6.53. The SMILES string of the molecule is CC(C)(C)C(O)CNCc1cnn(C(C)(C)C)c1. The van der Waals surface area contributed by atoms with Gasteiger partial charge in [0.25, 0.3) is 0 Å². The Hall–Kier alpha value is -0.870. The lowest BCUT2D eigenvalue weighted by atomic mass is 9.89. The number of aromatic nitrogens is 2. The molecule has 0 fully saturated rings. The molecule has 1 atom stereocenters. The average Bonchev–Trinajstić information content (AvgIpc) is 2.64. The van der Waals surface area contributed by atoms with E-state index in [1.807, 2.05) is 31.6 Å². The third-order valence-electron chi connectivity index (χ3n) is 2.99. The summed E-state index contributed by atoms with van der Waals surface area (Å²) in [6, 6.07) is 0. The largest absolute Gasteiger partial charge is 0.391 e. The molecule has 1 aromatic heterocycles. The molecule has 18 heavy (non-hydrogen) atoms. The first kappa shape index (κ1) is 15.2. The molecule has 0 amide bonds. The van der Waals surface area contributed by atoms with Crippen LogP contribution in [0.5, 0.6) is 0 Å². The molecule has 0 saturated heterocycles. The lowest BCUT2D eigenvalue weighted by Crippen LogP contribution is -2.36. The predicted octanol–water partition coefficient (Wildman–Crippen LogP) is 2.13. The normalized spacial score (nSPS) is 14.8. The van der Waals surface area contributed by atoms with Crippen LogP contribution < -0.4 is 5.32 Å². The summed E-state index contributed by atoms with van der Waals surface area (Å²) in [5.74, 6) is 0. The van der Waals surface area contributed by atoms with Crippen LogP contribution in [0.1, 0.15) is 47.1 Å². The number of aliphatic hydroxyl groups excluding tert-OH is 1. The van der Waals surface area contributed by atoms with Crippen LogP contribution >= 0.6 is 0 Å². The Bertz CT molecular complexity index is 371. The Morgan fingerprint density at radius 1 is 1.28 bits per heavy atom. The number of hydrogen-bond acceptors (Lipinski definition) is 3. The van der Waals surface area contributed by atoms with Gasteiger partial charge in [-0.15, -0.1) is 0 Å². The molecule has 104 valence electrons. The van der Waals surface area contributed by atoms with E-state index in [0.717, 1.165) is 12.1 Å². The molecule has 0 aliphatic rings. The highest BCUT2D eigenvalue weighted by atomic mass is 16.3. The summed E-state index contributed by atoms with van der Waals surface area (Å²) < 4.78 is 1.96. The maximum Gasteiger partial charge on any atom is 0.0712 e. The maximum absolute atomic E-state index is 9.91. The second-order valence-corrected chi connectivity index (χ2v) is 6.98. The number of aliphatic hydroxyl groups is 1. The van der Waals surface area contributed by atoms with Crippen molar-refractivity contribution in [2.24, 2.45) is 5.41 Å². The fraction of sp³-hybridized carbons (Fsp3) is 0.786. The van der Waals surface area contributed by atoms with Gasteiger partial charge in [-0.3, -0.25) is 4.68 Å². The van der Waals surface area contributed by atoms with Gasteiger partial charge in [0, 0.05) is 24.8 Å². The first-order valence-corrected chi connectivity index (χ1v) is 6.53. The van der Waals surface area contributed by atoms with Crippen LogP contribution in [0, 0.1) is 5.41 Å². The van der Waals surface area contributed by atoms with Gasteiger partial charge in [0.1, 0.15) is 0 Å². The summed E-state index contributed by atoms with van der Waals surface area (Å²) in [5, 5.41) is 17.5. The van der Waals surface area contributed by atoms with E-state index in [4.69, 9.17) is 0 Å². The summed E-state index contributed by atoms with van der Waals surface area (Å²) in [7, 11) is 0. The Labute approximate surface area is 110 Å². The zero-order valence-corrected chi connectivity index (χ0v) is 12.5. The second kappa shape index (κ2) is 5.41. The maximum atomic E-state index is 9.91. The third-order valence-corrected chi connectivity index (χ3v) is 2.99. The molecule has 4 heteroatoms. The smallest absolute Gasteiger partial charge is 0.0712 e. The van der Waals surface area contributed by atoms with Gasteiger partial charge in [0.05, 0.1) is 17.8 Å². The minimum atomic E-state index is -0.338. The molecular weight excluding hydrogens is 226 g/mol. The van der Waals surface area contributed by atoms with Crippen molar-refractivity contribution in [1.29, 1.82) is 0 Å². The van der Waals surface area contributed by atoms with Crippen LogP contribution in [-0.4, -0.2) is 27.5 Å². The Morgan fingerprint density at radius 2 is 1.89 bits per heavy atom. The number of nitrogens with zero attached hydrogens (tertiary/aromatic N) is 2. The zero-order valence-electron chi connectivity index (χ0n) is 12.5. The topological polar surface area (TPSA) is 50.1 Å². The molecule has 0 radical (unpaired) electrons. The van der Waals surface area contributed by atoms with Crippen LogP contribution in [0.3, 0.4) is 0 Å². The van der Waals surface area contributed by atoms with Crippen molar-refractivity contribution in [2.45, 2.75) is 59.7 Å².